The molecule has 1 aromatic carbocycles. The molecule has 0 spiro atoms. The van der Waals surface area contributed by atoms with Crippen molar-refractivity contribution in [1.82, 2.24) is 15.6 Å². The maximum absolute atomic E-state index is 13.1. The Morgan fingerprint density at radius 1 is 1.28 bits per heavy atom. The standard InChI is InChI=1S/C19H25FN4O5/c1-19(2,3)29-18(26)23-9-12(8-20)11-27-13-5-6-14-15(7-13)28-17(24-14)22-10-16(25)21-4/h5-8H,9-11H2,1-4H3,(H,21,25)(H,22,24)(H,23,26). The van der Waals surface area contributed by atoms with Crippen molar-refractivity contribution in [2.45, 2.75) is 26.4 Å². The first-order valence-corrected chi connectivity index (χ1v) is 8.93. The topological polar surface area (TPSA) is 115 Å². The summed E-state index contributed by atoms with van der Waals surface area (Å²) in [7, 11) is 1.53. The summed E-state index contributed by atoms with van der Waals surface area (Å²) in [4.78, 5) is 27.1. The Kier molecular flexibility index (Phi) is 7.40. The molecule has 2 aromatic rings. The van der Waals surface area contributed by atoms with Crippen LogP contribution in [0.15, 0.2) is 34.5 Å². The number of ether oxygens (including phenoxy) is 2. The zero-order valence-corrected chi connectivity index (χ0v) is 16.8. The maximum atomic E-state index is 13.1. The van der Waals surface area contributed by atoms with Crippen LogP contribution in [0.3, 0.4) is 0 Å². The Bertz CT molecular complexity index is 888. The van der Waals surface area contributed by atoms with Crippen LogP contribution in [0.25, 0.3) is 11.1 Å². The first-order valence-electron chi connectivity index (χ1n) is 8.93. The van der Waals surface area contributed by atoms with Gasteiger partial charge in [0.05, 0.1) is 12.9 Å². The van der Waals surface area contributed by atoms with Crippen LogP contribution >= 0.6 is 0 Å². The third kappa shape index (κ3) is 7.32. The van der Waals surface area contributed by atoms with Crippen LogP contribution in [-0.2, 0) is 9.53 Å². The molecule has 0 aliphatic rings. The van der Waals surface area contributed by atoms with Gasteiger partial charge in [0.25, 0.3) is 6.01 Å². The van der Waals surface area contributed by atoms with Crippen molar-refractivity contribution in [2.24, 2.45) is 0 Å². The molecule has 1 heterocycles. The molecule has 2 rings (SSSR count). The first-order chi connectivity index (χ1) is 13.7. The molecule has 0 fully saturated rings. The van der Waals surface area contributed by atoms with E-state index in [1.165, 1.54) is 7.05 Å². The van der Waals surface area contributed by atoms with Gasteiger partial charge in [-0.1, -0.05) is 0 Å². The lowest BCUT2D eigenvalue weighted by Gasteiger charge is -2.20. The van der Waals surface area contributed by atoms with E-state index in [2.05, 4.69) is 20.9 Å². The summed E-state index contributed by atoms with van der Waals surface area (Å²) in [5, 5.41) is 7.71. The molecule has 0 aliphatic heterocycles. The molecular formula is C19H25FN4O5. The highest BCUT2D eigenvalue weighted by atomic mass is 19.1. The van der Waals surface area contributed by atoms with Gasteiger partial charge in [-0.3, -0.25) is 4.79 Å². The van der Waals surface area contributed by atoms with E-state index in [1.807, 2.05) is 0 Å². The summed E-state index contributed by atoms with van der Waals surface area (Å²) < 4.78 is 29.2. The van der Waals surface area contributed by atoms with E-state index < -0.39 is 11.7 Å². The van der Waals surface area contributed by atoms with Crippen molar-refractivity contribution >= 4 is 29.1 Å². The average molecular weight is 408 g/mol. The number of anilines is 1. The minimum atomic E-state index is -0.642. The van der Waals surface area contributed by atoms with E-state index in [4.69, 9.17) is 13.9 Å². The SMILES string of the molecule is CNC(=O)CNc1nc2ccc(OCC(=CF)CNC(=O)OC(C)(C)C)cc2o1. The van der Waals surface area contributed by atoms with Crippen LogP contribution in [0.1, 0.15) is 20.8 Å². The number of aromatic nitrogens is 1. The molecular weight excluding hydrogens is 383 g/mol. The maximum Gasteiger partial charge on any atom is 0.407 e. The lowest BCUT2D eigenvalue weighted by Crippen LogP contribution is -2.34. The zero-order chi connectivity index (χ0) is 21.4. The molecule has 0 atom stereocenters. The monoisotopic (exact) mass is 408 g/mol. The molecule has 1 aromatic heterocycles. The van der Waals surface area contributed by atoms with Gasteiger partial charge in [0, 0.05) is 25.2 Å². The van der Waals surface area contributed by atoms with Gasteiger partial charge in [-0.25, -0.2) is 9.18 Å². The highest BCUT2D eigenvalue weighted by Gasteiger charge is 2.16. The van der Waals surface area contributed by atoms with Crippen molar-refractivity contribution < 1.29 is 27.9 Å². The molecule has 9 nitrogen and oxygen atoms in total. The number of carbonyl (C=O) groups is 2. The fourth-order valence-electron chi connectivity index (χ4n) is 2.11. The Labute approximate surface area is 167 Å². The van der Waals surface area contributed by atoms with Gasteiger partial charge in [-0.15, -0.1) is 0 Å². The molecule has 2 amide bonds. The van der Waals surface area contributed by atoms with E-state index in [0.717, 1.165) is 0 Å². The molecule has 0 saturated carbocycles. The summed E-state index contributed by atoms with van der Waals surface area (Å²) in [6.45, 7) is 5.11. The first kappa shape index (κ1) is 22.0. The Morgan fingerprint density at radius 2 is 2.03 bits per heavy atom. The number of amides is 2. The molecule has 158 valence electrons. The number of hydrogen-bond acceptors (Lipinski definition) is 7. The van der Waals surface area contributed by atoms with Gasteiger partial charge in [-0.05, 0) is 32.9 Å². The number of nitrogens with one attached hydrogen (secondary N) is 3. The molecule has 0 saturated heterocycles. The van der Waals surface area contributed by atoms with E-state index in [9.17, 15) is 14.0 Å². The number of oxazole rings is 1. The largest absolute Gasteiger partial charge is 0.489 e. The van der Waals surface area contributed by atoms with Gasteiger partial charge in [0.15, 0.2) is 5.58 Å². The lowest BCUT2D eigenvalue weighted by molar-refractivity contribution is -0.118. The predicted molar refractivity (Wildman–Crippen MR) is 105 cm³/mol. The second-order valence-corrected chi connectivity index (χ2v) is 7.09. The van der Waals surface area contributed by atoms with E-state index >= 15 is 0 Å². The molecule has 10 heteroatoms. The fraction of sp³-hybridized carbons (Fsp3) is 0.421. The minimum Gasteiger partial charge on any atom is -0.489 e. The second-order valence-electron chi connectivity index (χ2n) is 7.09. The average Bonchev–Trinajstić information content (AvgIpc) is 3.07. The highest BCUT2D eigenvalue weighted by Crippen LogP contribution is 2.24. The quantitative estimate of drug-likeness (QED) is 0.615. The number of hydrogen-bond donors (Lipinski definition) is 3. The fourth-order valence-corrected chi connectivity index (χ4v) is 2.11. The van der Waals surface area contributed by atoms with E-state index in [-0.39, 0.29) is 37.2 Å². The van der Waals surface area contributed by atoms with Crippen LogP contribution in [0, 0.1) is 0 Å². The summed E-state index contributed by atoms with van der Waals surface area (Å²) >= 11 is 0. The van der Waals surface area contributed by atoms with Crippen LogP contribution < -0.4 is 20.7 Å². The van der Waals surface area contributed by atoms with Crippen LogP contribution in [0.4, 0.5) is 15.2 Å². The molecule has 29 heavy (non-hydrogen) atoms. The summed E-state index contributed by atoms with van der Waals surface area (Å²) in [6, 6.07) is 5.14. The summed E-state index contributed by atoms with van der Waals surface area (Å²) in [5.74, 6) is 0.227. The van der Waals surface area contributed by atoms with E-state index in [0.29, 0.717) is 23.2 Å². The molecule has 0 aliphatic carbocycles. The van der Waals surface area contributed by atoms with E-state index in [1.54, 1.807) is 39.0 Å². The minimum absolute atomic E-state index is 0.0297. The molecule has 3 N–H and O–H groups in total. The Balaban J connectivity index is 1.90. The van der Waals surface area contributed by atoms with Crippen molar-refractivity contribution in [3.05, 3.63) is 30.1 Å². The number of fused-ring (bicyclic) bond motifs is 1. The Hall–Kier alpha value is -3.30. The normalized spacial score (nSPS) is 11.8. The number of halogens is 1. The van der Waals surface area contributed by atoms with Crippen molar-refractivity contribution in [2.75, 3.05) is 32.1 Å². The molecule has 0 unspecified atom stereocenters. The van der Waals surface area contributed by atoms with Gasteiger partial charge in [0.2, 0.25) is 5.91 Å². The lowest BCUT2D eigenvalue weighted by atomic mass is 10.2. The third-order valence-electron chi connectivity index (χ3n) is 3.48. The number of likely N-dealkylation sites (N-methyl/N-ethyl adjacent to an activating group) is 1. The number of rotatable bonds is 8. The predicted octanol–water partition coefficient (Wildman–Crippen LogP) is 2.74. The highest BCUT2D eigenvalue weighted by molar-refractivity contribution is 5.81. The number of nitrogens with zero attached hydrogens (tertiary/aromatic N) is 1. The van der Waals surface area contributed by atoms with Crippen molar-refractivity contribution in [1.29, 1.82) is 0 Å². The van der Waals surface area contributed by atoms with Crippen molar-refractivity contribution in [3.8, 4) is 5.75 Å². The second kappa shape index (κ2) is 9.76. The molecule has 0 bridgehead atoms. The van der Waals surface area contributed by atoms with Gasteiger partial charge in [-0.2, -0.15) is 4.98 Å². The van der Waals surface area contributed by atoms with Gasteiger partial charge < -0.3 is 29.8 Å². The van der Waals surface area contributed by atoms with Gasteiger partial charge in [0.1, 0.15) is 23.5 Å². The summed E-state index contributed by atoms with van der Waals surface area (Å²) in [5.41, 5.74) is 0.603. The number of benzene rings is 1. The molecule has 0 radical (unpaired) electrons. The third-order valence-corrected chi connectivity index (χ3v) is 3.48. The van der Waals surface area contributed by atoms with Gasteiger partial charge >= 0.3 is 6.09 Å². The number of carbonyl (C=O) groups excluding carboxylic acids is 2. The van der Waals surface area contributed by atoms with Crippen LogP contribution in [0.5, 0.6) is 5.75 Å². The summed E-state index contributed by atoms with van der Waals surface area (Å²) in [6.07, 6.45) is -0.262. The smallest absolute Gasteiger partial charge is 0.407 e. The van der Waals surface area contributed by atoms with Crippen LogP contribution in [-0.4, -0.2) is 49.3 Å². The zero-order valence-electron chi connectivity index (χ0n) is 16.8. The Morgan fingerprint density at radius 3 is 2.69 bits per heavy atom. The van der Waals surface area contributed by atoms with Crippen LogP contribution in [0.2, 0.25) is 0 Å². The number of alkyl carbamates (subject to hydrolysis) is 1. The van der Waals surface area contributed by atoms with Crippen molar-refractivity contribution in [3.63, 3.8) is 0 Å².